The van der Waals surface area contributed by atoms with Crippen LogP contribution in [0.1, 0.15) is 31.2 Å². The van der Waals surface area contributed by atoms with Gasteiger partial charge < -0.3 is 14.8 Å². The second-order valence-corrected chi connectivity index (χ2v) is 8.12. The minimum Gasteiger partial charge on any atom is -0.352 e. The Morgan fingerprint density at radius 1 is 1.13 bits per heavy atom. The van der Waals surface area contributed by atoms with Crippen LogP contribution in [0.4, 0.5) is 4.39 Å². The first-order chi connectivity index (χ1) is 15.1. The molecule has 31 heavy (non-hydrogen) atoms. The van der Waals surface area contributed by atoms with E-state index >= 15 is 0 Å². The quantitative estimate of drug-likeness (QED) is 0.634. The molecule has 1 aliphatic rings. The van der Waals surface area contributed by atoms with E-state index in [1.54, 1.807) is 24.5 Å². The Labute approximate surface area is 181 Å². The van der Waals surface area contributed by atoms with Crippen LogP contribution in [0.5, 0.6) is 0 Å². The second kappa shape index (κ2) is 9.73. The Hall–Kier alpha value is -3.22. The molecule has 2 amide bonds. The molecule has 1 N–H and O–H groups in total. The highest BCUT2D eigenvalue weighted by Crippen LogP contribution is 2.22. The molecule has 2 heterocycles. The van der Waals surface area contributed by atoms with E-state index in [0.717, 1.165) is 36.8 Å². The maximum absolute atomic E-state index is 13.7. The van der Waals surface area contributed by atoms with Crippen molar-refractivity contribution >= 4 is 22.8 Å². The summed E-state index contributed by atoms with van der Waals surface area (Å²) >= 11 is 0. The Morgan fingerprint density at radius 3 is 2.81 bits per heavy atom. The zero-order valence-electron chi connectivity index (χ0n) is 17.5. The predicted molar refractivity (Wildman–Crippen MR) is 117 cm³/mol. The van der Waals surface area contributed by atoms with E-state index in [4.69, 9.17) is 0 Å². The topological polar surface area (TPSA) is 67.2 Å². The summed E-state index contributed by atoms with van der Waals surface area (Å²) in [5.41, 5.74) is 2.32. The number of benzene rings is 2. The zero-order valence-corrected chi connectivity index (χ0v) is 17.5. The third-order valence-corrected chi connectivity index (χ3v) is 5.92. The number of aromatic nitrogens is 2. The number of hydrogen-bond donors (Lipinski definition) is 1. The predicted octanol–water partition coefficient (Wildman–Crippen LogP) is 3.51. The van der Waals surface area contributed by atoms with Crippen LogP contribution in [-0.4, -0.2) is 39.4 Å². The number of nitrogens with zero attached hydrogens (tertiary/aromatic N) is 3. The van der Waals surface area contributed by atoms with Gasteiger partial charge in [-0.05, 0) is 43.4 Å². The van der Waals surface area contributed by atoms with E-state index in [9.17, 15) is 14.0 Å². The molecule has 162 valence electrons. The number of amides is 2. The molecule has 0 radical (unpaired) electrons. The van der Waals surface area contributed by atoms with Crippen molar-refractivity contribution in [1.82, 2.24) is 19.8 Å². The molecule has 4 rings (SSSR count). The van der Waals surface area contributed by atoms with E-state index in [-0.39, 0.29) is 30.7 Å². The van der Waals surface area contributed by atoms with Crippen molar-refractivity contribution in [3.8, 4) is 0 Å². The number of likely N-dealkylation sites (tertiary alicyclic amines) is 1. The first-order valence-corrected chi connectivity index (χ1v) is 10.8. The average molecular weight is 423 g/mol. The van der Waals surface area contributed by atoms with Crippen LogP contribution in [0.2, 0.25) is 0 Å². The van der Waals surface area contributed by atoms with Gasteiger partial charge in [0.15, 0.2) is 0 Å². The summed E-state index contributed by atoms with van der Waals surface area (Å²) in [5, 5.41) is 2.79. The van der Waals surface area contributed by atoms with Gasteiger partial charge in [0.1, 0.15) is 12.4 Å². The highest BCUT2D eigenvalue weighted by molar-refractivity contribution is 5.80. The fourth-order valence-electron chi connectivity index (χ4n) is 4.17. The van der Waals surface area contributed by atoms with Gasteiger partial charge >= 0.3 is 0 Å². The first kappa shape index (κ1) is 21.0. The van der Waals surface area contributed by atoms with E-state index in [1.165, 1.54) is 6.07 Å². The lowest BCUT2D eigenvalue weighted by molar-refractivity contribution is -0.133. The molecule has 7 heteroatoms. The van der Waals surface area contributed by atoms with Gasteiger partial charge in [-0.3, -0.25) is 9.59 Å². The molecule has 1 aromatic heterocycles. The van der Waals surface area contributed by atoms with Gasteiger partial charge in [-0.2, -0.15) is 0 Å². The van der Waals surface area contributed by atoms with Crippen molar-refractivity contribution in [2.45, 2.75) is 38.8 Å². The molecule has 2 aromatic carbocycles. The van der Waals surface area contributed by atoms with Crippen molar-refractivity contribution in [3.63, 3.8) is 0 Å². The van der Waals surface area contributed by atoms with Crippen LogP contribution in [0, 0.1) is 11.7 Å². The lowest BCUT2D eigenvalue weighted by Gasteiger charge is -2.33. The second-order valence-electron chi connectivity index (χ2n) is 8.12. The molecule has 1 atom stereocenters. The van der Waals surface area contributed by atoms with Gasteiger partial charge in [-0.25, -0.2) is 9.37 Å². The number of piperidine rings is 1. The van der Waals surface area contributed by atoms with Crippen molar-refractivity contribution in [2.24, 2.45) is 5.92 Å². The molecule has 1 unspecified atom stereocenters. The lowest BCUT2D eigenvalue weighted by atomic mass is 9.93. The molecule has 3 aromatic rings. The maximum atomic E-state index is 13.7. The smallest absolute Gasteiger partial charge is 0.242 e. The number of carbonyl (C=O) groups is 2. The Morgan fingerprint density at radius 2 is 1.94 bits per heavy atom. The third kappa shape index (κ3) is 5.29. The van der Waals surface area contributed by atoms with Crippen LogP contribution in [-0.2, 0) is 22.7 Å². The number of hydrogen-bond acceptors (Lipinski definition) is 3. The summed E-state index contributed by atoms with van der Waals surface area (Å²) in [5.74, 6) is -0.0141. The number of imidazole rings is 1. The molecule has 0 spiro atoms. The fourth-order valence-corrected chi connectivity index (χ4v) is 4.17. The molecule has 1 saturated heterocycles. The highest BCUT2D eigenvalue weighted by atomic mass is 19.1. The van der Waals surface area contributed by atoms with Crippen LogP contribution in [0.3, 0.4) is 0 Å². The lowest BCUT2D eigenvalue weighted by Crippen LogP contribution is -2.41. The summed E-state index contributed by atoms with van der Waals surface area (Å²) < 4.78 is 15.5. The van der Waals surface area contributed by atoms with Crippen molar-refractivity contribution < 1.29 is 14.0 Å². The highest BCUT2D eigenvalue weighted by Gasteiger charge is 2.24. The summed E-state index contributed by atoms with van der Waals surface area (Å²) in [6.45, 7) is 1.89. The summed E-state index contributed by atoms with van der Waals surface area (Å²) in [6, 6.07) is 14.2. The maximum Gasteiger partial charge on any atom is 0.242 e. The van der Waals surface area contributed by atoms with Crippen molar-refractivity contribution in [2.75, 3.05) is 13.1 Å². The normalized spacial score (nSPS) is 16.4. The van der Waals surface area contributed by atoms with Crippen molar-refractivity contribution in [1.29, 1.82) is 0 Å². The van der Waals surface area contributed by atoms with Gasteiger partial charge in [0.2, 0.25) is 11.8 Å². The Balaban J connectivity index is 1.25. The molecule has 1 aliphatic heterocycles. The Kier molecular flexibility index (Phi) is 6.60. The number of para-hydroxylation sites is 2. The standard InChI is InChI=1S/C24H27FN4O2/c25-20-8-2-1-7-19(20)14-26-23(30)12-11-18-6-5-13-28(15-18)24(31)16-29-17-27-21-9-3-4-10-22(21)29/h1-4,7-10,17-18H,5-6,11-16H2,(H,26,30). The van der Waals surface area contributed by atoms with E-state index in [1.807, 2.05) is 33.7 Å². The number of rotatable bonds is 7. The number of nitrogens with one attached hydrogen (secondary N) is 1. The molecule has 0 aliphatic carbocycles. The average Bonchev–Trinajstić information content (AvgIpc) is 3.20. The third-order valence-electron chi connectivity index (χ3n) is 5.92. The van der Waals surface area contributed by atoms with Crippen LogP contribution >= 0.6 is 0 Å². The summed E-state index contributed by atoms with van der Waals surface area (Å²) in [7, 11) is 0. The van der Waals surface area contributed by atoms with Crippen molar-refractivity contribution in [3.05, 3.63) is 66.2 Å². The molecular formula is C24H27FN4O2. The monoisotopic (exact) mass is 422 g/mol. The van der Waals surface area contributed by atoms with E-state index < -0.39 is 0 Å². The van der Waals surface area contributed by atoms with Crippen LogP contribution < -0.4 is 5.32 Å². The summed E-state index contributed by atoms with van der Waals surface area (Å²) in [6.07, 6.45) is 4.77. The van der Waals surface area contributed by atoms with E-state index in [0.29, 0.717) is 24.4 Å². The summed E-state index contributed by atoms with van der Waals surface area (Å²) in [4.78, 5) is 31.3. The molecule has 6 nitrogen and oxygen atoms in total. The Bertz CT molecular complexity index is 1060. The SMILES string of the molecule is O=C(CCC1CCCN(C(=O)Cn2cnc3ccccc32)C1)NCc1ccccc1F. The van der Waals surface area contributed by atoms with Crippen LogP contribution in [0.25, 0.3) is 11.0 Å². The number of halogens is 1. The number of carbonyl (C=O) groups excluding carboxylic acids is 2. The van der Waals surface area contributed by atoms with Gasteiger partial charge in [0, 0.05) is 31.6 Å². The number of fused-ring (bicyclic) bond motifs is 1. The van der Waals surface area contributed by atoms with E-state index in [2.05, 4.69) is 10.3 Å². The first-order valence-electron chi connectivity index (χ1n) is 10.8. The molecule has 0 bridgehead atoms. The van der Waals surface area contributed by atoms with Gasteiger partial charge in [0.05, 0.1) is 17.4 Å². The minimum absolute atomic E-state index is 0.0804. The minimum atomic E-state index is -0.310. The van der Waals surface area contributed by atoms with Gasteiger partial charge in [-0.1, -0.05) is 30.3 Å². The molecule has 0 saturated carbocycles. The zero-order chi connectivity index (χ0) is 21.6. The van der Waals surface area contributed by atoms with Gasteiger partial charge in [-0.15, -0.1) is 0 Å². The molecular weight excluding hydrogens is 395 g/mol. The fraction of sp³-hybridized carbons (Fsp3) is 0.375. The van der Waals surface area contributed by atoms with Gasteiger partial charge in [0.25, 0.3) is 0 Å². The molecule has 1 fully saturated rings. The van der Waals surface area contributed by atoms with Crippen LogP contribution in [0.15, 0.2) is 54.9 Å². The largest absolute Gasteiger partial charge is 0.352 e.